The summed E-state index contributed by atoms with van der Waals surface area (Å²) >= 11 is 0. The van der Waals surface area contributed by atoms with Crippen molar-refractivity contribution in [1.29, 1.82) is 0 Å². The summed E-state index contributed by atoms with van der Waals surface area (Å²) in [7, 11) is 1.30. The van der Waals surface area contributed by atoms with Crippen LogP contribution in [0.25, 0.3) is 11.4 Å². The van der Waals surface area contributed by atoms with E-state index in [0.717, 1.165) is 0 Å². The number of amides is 2. The third-order valence-electron chi connectivity index (χ3n) is 3.29. The lowest BCUT2D eigenvalue weighted by atomic mass is 10.2. The van der Waals surface area contributed by atoms with Crippen LogP contribution in [0.2, 0.25) is 0 Å². The van der Waals surface area contributed by atoms with Gasteiger partial charge in [-0.05, 0) is 45.0 Å². The van der Waals surface area contributed by atoms with Gasteiger partial charge in [-0.1, -0.05) is 0 Å². The number of aromatic nitrogens is 2. The molecule has 2 aromatic heterocycles. The number of methoxy groups -OCH3 is 1. The highest BCUT2D eigenvalue weighted by atomic mass is 16.6. The van der Waals surface area contributed by atoms with Gasteiger partial charge in [-0.2, -0.15) is 0 Å². The van der Waals surface area contributed by atoms with Crippen LogP contribution in [0.1, 0.15) is 31.1 Å². The Hall–Kier alpha value is -3.49. The molecule has 2 heterocycles. The van der Waals surface area contributed by atoms with E-state index < -0.39 is 23.6 Å². The van der Waals surface area contributed by atoms with Crippen molar-refractivity contribution >= 4 is 23.7 Å². The van der Waals surface area contributed by atoms with Crippen molar-refractivity contribution in [2.45, 2.75) is 26.4 Å². The van der Waals surface area contributed by atoms with Crippen molar-refractivity contribution in [2.24, 2.45) is 0 Å². The molecule has 0 saturated heterocycles. The molecule has 2 rings (SSSR count). The van der Waals surface area contributed by atoms with Gasteiger partial charge in [-0.15, -0.1) is 0 Å². The SMILES string of the molecule is COC(=O)c1ccc(-c2ccc(NC(=O)CNC(=O)OC(C)(C)C)cn2)nc1. The number of alkyl carbamates (subject to hydrolysis) is 1. The van der Waals surface area contributed by atoms with Crippen LogP contribution in [0.3, 0.4) is 0 Å². The molecular formula is C19H22N4O5. The molecular weight excluding hydrogens is 364 g/mol. The fraction of sp³-hybridized carbons (Fsp3) is 0.316. The van der Waals surface area contributed by atoms with Gasteiger partial charge in [0.15, 0.2) is 0 Å². The lowest BCUT2D eigenvalue weighted by molar-refractivity contribution is -0.115. The Bertz CT molecular complexity index is 842. The average Bonchev–Trinajstić information content (AvgIpc) is 2.65. The maximum atomic E-state index is 11.9. The summed E-state index contributed by atoms with van der Waals surface area (Å²) in [4.78, 5) is 43.3. The van der Waals surface area contributed by atoms with Crippen LogP contribution in [0.15, 0.2) is 36.7 Å². The third-order valence-corrected chi connectivity index (χ3v) is 3.29. The fourth-order valence-electron chi connectivity index (χ4n) is 2.08. The van der Waals surface area contributed by atoms with Crippen molar-refractivity contribution in [1.82, 2.24) is 15.3 Å². The van der Waals surface area contributed by atoms with E-state index >= 15 is 0 Å². The first-order valence-corrected chi connectivity index (χ1v) is 8.45. The molecule has 0 atom stereocenters. The Morgan fingerprint density at radius 3 is 2.14 bits per heavy atom. The van der Waals surface area contributed by atoms with Crippen molar-refractivity contribution in [3.8, 4) is 11.4 Å². The number of ether oxygens (including phenoxy) is 2. The van der Waals surface area contributed by atoms with Crippen LogP contribution in [0, 0.1) is 0 Å². The Morgan fingerprint density at radius 2 is 1.64 bits per heavy atom. The number of nitrogens with zero attached hydrogens (tertiary/aromatic N) is 2. The van der Waals surface area contributed by atoms with E-state index in [1.54, 1.807) is 45.0 Å². The standard InChI is InChI=1S/C19H22N4O5/c1-19(2,3)28-18(26)22-11-16(24)23-13-6-8-15(21-10-13)14-7-5-12(9-20-14)17(25)27-4/h5-10H,11H2,1-4H3,(H,22,26)(H,23,24). The summed E-state index contributed by atoms with van der Waals surface area (Å²) in [6.07, 6.45) is 2.20. The van der Waals surface area contributed by atoms with Crippen LogP contribution in [-0.2, 0) is 14.3 Å². The molecule has 0 aliphatic carbocycles. The molecule has 9 heteroatoms. The molecule has 2 aromatic rings. The normalized spacial score (nSPS) is 10.7. The molecule has 0 spiro atoms. The molecule has 9 nitrogen and oxygen atoms in total. The van der Waals surface area contributed by atoms with E-state index in [0.29, 0.717) is 22.6 Å². The first-order chi connectivity index (χ1) is 13.2. The number of anilines is 1. The van der Waals surface area contributed by atoms with Gasteiger partial charge < -0.3 is 20.1 Å². The summed E-state index contributed by atoms with van der Waals surface area (Å²) < 4.78 is 9.68. The minimum atomic E-state index is -0.669. The number of carbonyl (C=O) groups is 3. The Morgan fingerprint density at radius 1 is 1.00 bits per heavy atom. The first kappa shape index (κ1) is 20.8. The van der Waals surface area contributed by atoms with Crippen molar-refractivity contribution in [3.05, 3.63) is 42.2 Å². The summed E-state index contributed by atoms with van der Waals surface area (Å²) in [5.74, 6) is -0.883. The smallest absolute Gasteiger partial charge is 0.408 e. The molecule has 0 radical (unpaired) electrons. The van der Waals surface area contributed by atoms with E-state index in [1.165, 1.54) is 19.5 Å². The van der Waals surface area contributed by atoms with E-state index in [2.05, 4.69) is 25.3 Å². The van der Waals surface area contributed by atoms with Crippen LogP contribution in [0.5, 0.6) is 0 Å². The van der Waals surface area contributed by atoms with E-state index in [4.69, 9.17) is 4.74 Å². The molecule has 0 bridgehead atoms. The van der Waals surface area contributed by atoms with Crippen LogP contribution in [-0.4, -0.2) is 47.2 Å². The van der Waals surface area contributed by atoms with Gasteiger partial charge in [-0.25, -0.2) is 9.59 Å². The maximum absolute atomic E-state index is 11.9. The minimum absolute atomic E-state index is 0.229. The Balaban J connectivity index is 1.91. The average molecular weight is 386 g/mol. The molecule has 28 heavy (non-hydrogen) atoms. The molecule has 0 fully saturated rings. The molecule has 0 unspecified atom stereocenters. The number of carbonyl (C=O) groups excluding carboxylic acids is 3. The lowest BCUT2D eigenvalue weighted by Gasteiger charge is -2.19. The maximum Gasteiger partial charge on any atom is 0.408 e. The van der Waals surface area contributed by atoms with E-state index in [-0.39, 0.29) is 6.54 Å². The van der Waals surface area contributed by atoms with Crippen molar-refractivity contribution < 1.29 is 23.9 Å². The summed E-state index contributed by atoms with van der Waals surface area (Å²) in [5.41, 5.74) is 1.31. The second-order valence-corrected chi connectivity index (χ2v) is 6.76. The summed E-state index contributed by atoms with van der Waals surface area (Å²) in [6.45, 7) is 4.97. The molecule has 2 amide bonds. The molecule has 148 valence electrons. The van der Waals surface area contributed by atoms with Crippen LogP contribution >= 0.6 is 0 Å². The van der Waals surface area contributed by atoms with Gasteiger partial charge in [0.2, 0.25) is 5.91 Å². The Labute approximate surface area is 162 Å². The fourth-order valence-corrected chi connectivity index (χ4v) is 2.08. The van der Waals surface area contributed by atoms with Crippen molar-refractivity contribution in [2.75, 3.05) is 19.0 Å². The zero-order valence-electron chi connectivity index (χ0n) is 16.1. The van der Waals surface area contributed by atoms with Crippen molar-refractivity contribution in [3.63, 3.8) is 0 Å². The highest BCUT2D eigenvalue weighted by molar-refractivity contribution is 5.93. The number of esters is 1. The van der Waals surface area contributed by atoms with E-state index in [9.17, 15) is 14.4 Å². The Kier molecular flexibility index (Phi) is 6.64. The third kappa shape index (κ3) is 6.35. The second kappa shape index (κ2) is 8.94. The predicted octanol–water partition coefficient (Wildman–Crippen LogP) is 2.39. The van der Waals surface area contributed by atoms with Gasteiger partial charge in [0.1, 0.15) is 12.1 Å². The number of hydrogen-bond acceptors (Lipinski definition) is 7. The molecule has 0 saturated carbocycles. The van der Waals surface area contributed by atoms with Gasteiger partial charge >= 0.3 is 12.1 Å². The topological polar surface area (TPSA) is 120 Å². The molecule has 0 aliphatic rings. The van der Waals surface area contributed by atoms with Crippen LogP contribution in [0.4, 0.5) is 10.5 Å². The lowest BCUT2D eigenvalue weighted by Crippen LogP contribution is -2.37. The number of pyridine rings is 2. The second-order valence-electron chi connectivity index (χ2n) is 6.76. The zero-order valence-corrected chi connectivity index (χ0v) is 16.1. The highest BCUT2D eigenvalue weighted by Gasteiger charge is 2.16. The predicted molar refractivity (Wildman–Crippen MR) is 102 cm³/mol. The van der Waals surface area contributed by atoms with Gasteiger partial charge in [0.05, 0.1) is 35.9 Å². The minimum Gasteiger partial charge on any atom is -0.465 e. The number of nitrogens with one attached hydrogen (secondary N) is 2. The monoisotopic (exact) mass is 386 g/mol. The summed E-state index contributed by atoms with van der Waals surface area (Å²) in [6, 6.07) is 6.58. The molecule has 0 aliphatic heterocycles. The molecule has 2 N–H and O–H groups in total. The number of hydrogen-bond donors (Lipinski definition) is 2. The molecule has 0 aromatic carbocycles. The number of rotatable bonds is 5. The van der Waals surface area contributed by atoms with Gasteiger partial charge in [0.25, 0.3) is 0 Å². The first-order valence-electron chi connectivity index (χ1n) is 8.45. The quantitative estimate of drug-likeness (QED) is 0.757. The largest absolute Gasteiger partial charge is 0.465 e. The highest BCUT2D eigenvalue weighted by Crippen LogP contribution is 2.17. The zero-order chi connectivity index (χ0) is 20.7. The van der Waals surface area contributed by atoms with Gasteiger partial charge in [-0.3, -0.25) is 14.8 Å². The summed E-state index contributed by atoms with van der Waals surface area (Å²) in [5, 5.41) is 4.99. The van der Waals surface area contributed by atoms with E-state index in [1.807, 2.05) is 0 Å². The van der Waals surface area contributed by atoms with Gasteiger partial charge in [0, 0.05) is 6.20 Å². The van der Waals surface area contributed by atoms with Crippen LogP contribution < -0.4 is 10.6 Å².